The van der Waals surface area contributed by atoms with Crippen molar-refractivity contribution in [2.75, 3.05) is 11.9 Å². The predicted octanol–water partition coefficient (Wildman–Crippen LogP) is 5.03. The number of hydrogen-bond acceptors (Lipinski definition) is 3. The zero-order valence-electron chi connectivity index (χ0n) is 15.9. The van der Waals surface area contributed by atoms with Crippen LogP contribution in [-0.2, 0) is 4.79 Å². The van der Waals surface area contributed by atoms with Gasteiger partial charge in [-0.25, -0.2) is 4.68 Å². The van der Waals surface area contributed by atoms with Gasteiger partial charge in [0.1, 0.15) is 11.6 Å². The minimum absolute atomic E-state index is 0.0200. The molecule has 0 radical (unpaired) electrons. The second-order valence-electron chi connectivity index (χ2n) is 7.42. The second-order valence-corrected chi connectivity index (χ2v) is 7.85. The number of amides is 1. The van der Waals surface area contributed by atoms with Crippen molar-refractivity contribution in [1.82, 2.24) is 9.78 Å². The number of nitrogens with zero attached hydrogens (tertiary/aromatic N) is 2. The Morgan fingerprint density at radius 1 is 1.18 bits per heavy atom. The van der Waals surface area contributed by atoms with E-state index in [0.29, 0.717) is 29.8 Å². The van der Waals surface area contributed by atoms with E-state index in [1.807, 2.05) is 54.7 Å². The van der Waals surface area contributed by atoms with Crippen molar-refractivity contribution in [3.63, 3.8) is 0 Å². The first-order valence-corrected chi connectivity index (χ1v) is 9.75. The molecule has 144 valence electrons. The van der Waals surface area contributed by atoms with Crippen LogP contribution in [0.4, 0.5) is 5.82 Å². The lowest BCUT2D eigenvalue weighted by molar-refractivity contribution is -0.116. The summed E-state index contributed by atoms with van der Waals surface area (Å²) in [6.07, 6.45) is 2.22. The van der Waals surface area contributed by atoms with Crippen LogP contribution < -0.4 is 10.1 Å². The third-order valence-electron chi connectivity index (χ3n) is 4.76. The Hall–Kier alpha value is -2.79. The van der Waals surface area contributed by atoms with Crippen LogP contribution in [0.5, 0.6) is 5.75 Å². The lowest BCUT2D eigenvalue weighted by atomic mass is 9.87. The van der Waals surface area contributed by atoms with Crippen molar-refractivity contribution in [2.24, 2.45) is 5.92 Å². The van der Waals surface area contributed by atoms with Gasteiger partial charge < -0.3 is 10.1 Å². The van der Waals surface area contributed by atoms with Crippen molar-refractivity contribution in [3.05, 3.63) is 70.9 Å². The first kappa shape index (κ1) is 18.6. The molecule has 0 spiro atoms. The summed E-state index contributed by atoms with van der Waals surface area (Å²) >= 11 is 5.99. The van der Waals surface area contributed by atoms with Crippen LogP contribution in [0.3, 0.4) is 0 Å². The van der Waals surface area contributed by atoms with E-state index < -0.39 is 0 Å². The zero-order chi connectivity index (χ0) is 19.7. The van der Waals surface area contributed by atoms with Gasteiger partial charge in [0, 0.05) is 22.9 Å². The van der Waals surface area contributed by atoms with Crippen molar-refractivity contribution in [1.29, 1.82) is 0 Å². The Morgan fingerprint density at radius 2 is 1.89 bits per heavy atom. The van der Waals surface area contributed by atoms with Crippen LogP contribution in [0.15, 0.2) is 54.7 Å². The minimum atomic E-state index is -0.0380. The summed E-state index contributed by atoms with van der Waals surface area (Å²) in [5.41, 5.74) is 2.93. The second kappa shape index (κ2) is 7.68. The molecule has 0 saturated carbocycles. The SMILES string of the molecule is CC(C)COc1ccc([C@H]2CC(=O)Nc3c2cnn3-c2ccc(Cl)cc2)cc1. The fraction of sp³-hybridized carbons (Fsp3) is 0.273. The number of rotatable bonds is 5. The minimum Gasteiger partial charge on any atom is -0.493 e. The van der Waals surface area contributed by atoms with Gasteiger partial charge in [-0.1, -0.05) is 37.6 Å². The van der Waals surface area contributed by atoms with E-state index in [-0.39, 0.29) is 11.8 Å². The Labute approximate surface area is 169 Å². The van der Waals surface area contributed by atoms with Gasteiger partial charge in [0.25, 0.3) is 0 Å². The first-order valence-electron chi connectivity index (χ1n) is 9.37. The highest BCUT2D eigenvalue weighted by Crippen LogP contribution is 2.38. The fourth-order valence-electron chi connectivity index (χ4n) is 3.35. The van der Waals surface area contributed by atoms with E-state index in [2.05, 4.69) is 24.3 Å². The molecule has 0 aliphatic carbocycles. The normalized spacial score (nSPS) is 16.0. The highest BCUT2D eigenvalue weighted by Gasteiger charge is 2.30. The topological polar surface area (TPSA) is 56.1 Å². The van der Waals surface area contributed by atoms with Gasteiger partial charge in [-0.15, -0.1) is 0 Å². The number of benzene rings is 2. The lowest BCUT2D eigenvalue weighted by Gasteiger charge is -2.24. The summed E-state index contributed by atoms with van der Waals surface area (Å²) in [5, 5.41) is 8.14. The molecule has 1 aliphatic heterocycles. The van der Waals surface area contributed by atoms with Crippen LogP contribution in [-0.4, -0.2) is 22.3 Å². The number of nitrogens with one attached hydrogen (secondary N) is 1. The smallest absolute Gasteiger partial charge is 0.226 e. The molecule has 1 amide bonds. The maximum Gasteiger partial charge on any atom is 0.226 e. The highest BCUT2D eigenvalue weighted by molar-refractivity contribution is 6.30. The summed E-state index contributed by atoms with van der Waals surface area (Å²) in [6.45, 7) is 4.92. The molecule has 0 saturated heterocycles. The molecular weight excluding hydrogens is 374 g/mol. The number of aromatic nitrogens is 2. The molecule has 0 bridgehead atoms. The molecule has 4 rings (SSSR count). The highest BCUT2D eigenvalue weighted by atomic mass is 35.5. The number of carbonyl (C=O) groups excluding carboxylic acids is 1. The molecule has 5 nitrogen and oxygen atoms in total. The quantitative estimate of drug-likeness (QED) is 0.658. The molecule has 1 N–H and O–H groups in total. The summed E-state index contributed by atoms with van der Waals surface area (Å²) < 4.78 is 7.51. The molecule has 1 aliphatic rings. The van der Waals surface area contributed by atoms with E-state index >= 15 is 0 Å². The summed E-state index contributed by atoms with van der Waals surface area (Å²) in [5.74, 6) is 1.97. The molecule has 1 aromatic heterocycles. The van der Waals surface area contributed by atoms with Crippen molar-refractivity contribution in [2.45, 2.75) is 26.2 Å². The van der Waals surface area contributed by atoms with Crippen LogP contribution in [0, 0.1) is 5.92 Å². The summed E-state index contributed by atoms with van der Waals surface area (Å²) in [4.78, 5) is 12.4. The van der Waals surface area contributed by atoms with Crippen molar-refractivity contribution >= 4 is 23.3 Å². The number of anilines is 1. The molecule has 28 heavy (non-hydrogen) atoms. The maximum atomic E-state index is 12.4. The maximum absolute atomic E-state index is 12.4. The van der Waals surface area contributed by atoms with Gasteiger partial charge in [-0.3, -0.25) is 4.79 Å². The number of halogens is 1. The number of fused-ring (bicyclic) bond motifs is 1. The Balaban J connectivity index is 1.64. The molecule has 2 heterocycles. The van der Waals surface area contributed by atoms with E-state index in [1.54, 1.807) is 4.68 Å². The van der Waals surface area contributed by atoms with Crippen molar-refractivity contribution in [3.8, 4) is 11.4 Å². The Morgan fingerprint density at radius 3 is 2.57 bits per heavy atom. The first-order chi connectivity index (χ1) is 13.5. The Kier molecular flexibility index (Phi) is 5.09. The van der Waals surface area contributed by atoms with Gasteiger partial charge in [-0.2, -0.15) is 5.10 Å². The third-order valence-corrected chi connectivity index (χ3v) is 5.01. The molecule has 1 atom stereocenters. The third kappa shape index (κ3) is 3.76. The largest absolute Gasteiger partial charge is 0.493 e. The Bertz CT molecular complexity index is 978. The molecule has 0 fully saturated rings. The summed E-state index contributed by atoms with van der Waals surface area (Å²) in [6, 6.07) is 15.4. The molecule has 6 heteroatoms. The fourth-order valence-corrected chi connectivity index (χ4v) is 3.48. The van der Waals surface area contributed by atoms with Crippen molar-refractivity contribution < 1.29 is 9.53 Å². The lowest BCUT2D eigenvalue weighted by Crippen LogP contribution is -2.24. The summed E-state index contributed by atoms with van der Waals surface area (Å²) in [7, 11) is 0. The monoisotopic (exact) mass is 395 g/mol. The van der Waals surface area contributed by atoms with Gasteiger partial charge in [0.15, 0.2) is 0 Å². The van der Waals surface area contributed by atoms with Crippen LogP contribution >= 0.6 is 11.6 Å². The number of ether oxygens (including phenoxy) is 1. The molecule has 2 aromatic carbocycles. The van der Waals surface area contributed by atoms with Gasteiger partial charge in [0.05, 0.1) is 18.5 Å². The van der Waals surface area contributed by atoms with Crippen LogP contribution in [0.2, 0.25) is 5.02 Å². The average Bonchev–Trinajstić information content (AvgIpc) is 3.10. The number of carbonyl (C=O) groups is 1. The number of hydrogen-bond donors (Lipinski definition) is 1. The van der Waals surface area contributed by atoms with E-state index in [0.717, 1.165) is 22.6 Å². The zero-order valence-corrected chi connectivity index (χ0v) is 16.6. The van der Waals surface area contributed by atoms with Crippen LogP contribution in [0.1, 0.15) is 37.3 Å². The van der Waals surface area contributed by atoms with E-state index in [9.17, 15) is 4.79 Å². The van der Waals surface area contributed by atoms with Gasteiger partial charge in [0.2, 0.25) is 5.91 Å². The molecule has 3 aromatic rings. The van der Waals surface area contributed by atoms with Gasteiger partial charge in [-0.05, 0) is 47.9 Å². The standard InChI is InChI=1S/C22H22ClN3O2/c1-14(2)13-28-18-9-3-15(4-10-18)19-11-21(27)25-22-20(19)12-24-26(22)17-7-5-16(23)6-8-17/h3-10,12,14,19H,11,13H2,1-2H3,(H,25,27)/t19-/m1/s1. The van der Waals surface area contributed by atoms with E-state index in [4.69, 9.17) is 16.3 Å². The van der Waals surface area contributed by atoms with Crippen LogP contribution in [0.25, 0.3) is 5.69 Å². The predicted molar refractivity (Wildman–Crippen MR) is 110 cm³/mol. The van der Waals surface area contributed by atoms with Gasteiger partial charge >= 0.3 is 0 Å². The average molecular weight is 396 g/mol. The molecule has 0 unspecified atom stereocenters. The van der Waals surface area contributed by atoms with E-state index in [1.165, 1.54) is 0 Å². The molecular formula is C22H22ClN3O2.